The van der Waals surface area contributed by atoms with E-state index in [1.165, 1.54) is 18.2 Å². The van der Waals surface area contributed by atoms with E-state index in [1.54, 1.807) is 12.1 Å². The molecule has 1 saturated heterocycles. The average Bonchev–Trinajstić information content (AvgIpc) is 2.67. The molecule has 0 amide bonds. The number of hydrogen-bond acceptors (Lipinski definition) is 4. The van der Waals surface area contributed by atoms with Crippen molar-refractivity contribution in [3.63, 3.8) is 0 Å². The van der Waals surface area contributed by atoms with Gasteiger partial charge in [0, 0.05) is 11.3 Å². The molecule has 1 unspecified atom stereocenters. The lowest BCUT2D eigenvalue weighted by atomic mass is 9.98. The molecule has 0 saturated carbocycles. The van der Waals surface area contributed by atoms with Crippen molar-refractivity contribution in [1.82, 2.24) is 4.31 Å². The highest BCUT2D eigenvalue weighted by Gasteiger charge is 2.36. The van der Waals surface area contributed by atoms with Crippen LogP contribution in [0.4, 0.5) is 18.9 Å². The van der Waals surface area contributed by atoms with Crippen molar-refractivity contribution < 1.29 is 22.5 Å². The van der Waals surface area contributed by atoms with Crippen molar-refractivity contribution in [1.29, 1.82) is 0 Å². The molecule has 1 aliphatic heterocycles. The van der Waals surface area contributed by atoms with E-state index in [-0.39, 0.29) is 16.3 Å². The first kappa shape index (κ1) is 21.4. The van der Waals surface area contributed by atoms with Crippen LogP contribution in [0.25, 0.3) is 11.1 Å². The summed E-state index contributed by atoms with van der Waals surface area (Å²) in [7, 11) is 0. The number of hydrogen-bond donors (Lipinski definition) is 2. The molecule has 2 N–H and O–H groups in total. The van der Waals surface area contributed by atoms with Crippen LogP contribution in [0.15, 0.2) is 41.3 Å². The average molecular weight is 450 g/mol. The Labute approximate surface area is 173 Å². The summed E-state index contributed by atoms with van der Waals surface area (Å²) < 4.78 is 58.5. The van der Waals surface area contributed by atoms with Gasteiger partial charge in [-0.25, -0.2) is 0 Å². The van der Waals surface area contributed by atoms with Gasteiger partial charge in [-0.1, -0.05) is 28.1 Å². The molecule has 10 heteroatoms. The van der Waals surface area contributed by atoms with E-state index in [0.29, 0.717) is 36.8 Å². The maximum absolute atomic E-state index is 13.6. The van der Waals surface area contributed by atoms with Crippen molar-refractivity contribution in [2.75, 3.05) is 31.6 Å². The molecule has 150 valence electrons. The predicted molar refractivity (Wildman–Crippen MR) is 110 cm³/mol. The van der Waals surface area contributed by atoms with Gasteiger partial charge in [0.1, 0.15) is 0 Å². The number of thiocarbonyl (C=S) groups is 1. The summed E-state index contributed by atoms with van der Waals surface area (Å²) in [6.07, 6.45) is -4.59. The lowest BCUT2D eigenvalue weighted by Crippen LogP contribution is -2.40. The van der Waals surface area contributed by atoms with E-state index < -0.39 is 23.1 Å². The Bertz CT molecular complexity index is 844. The van der Waals surface area contributed by atoms with E-state index in [1.807, 2.05) is 4.31 Å². The second-order valence-electron chi connectivity index (χ2n) is 5.97. The quantitative estimate of drug-likeness (QED) is 0.491. The van der Waals surface area contributed by atoms with Crippen molar-refractivity contribution in [3.05, 3.63) is 47.0 Å². The Morgan fingerprint density at radius 1 is 1.18 bits per heavy atom. The van der Waals surface area contributed by atoms with Gasteiger partial charge in [0.15, 0.2) is 0 Å². The summed E-state index contributed by atoms with van der Waals surface area (Å²) in [5.74, 6) is 0. The summed E-state index contributed by atoms with van der Waals surface area (Å²) in [5, 5.41) is 2.51. The second-order valence-corrected chi connectivity index (χ2v) is 8.13. The van der Waals surface area contributed by atoms with Crippen LogP contribution >= 0.6 is 23.8 Å². The molecule has 1 aliphatic rings. The summed E-state index contributed by atoms with van der Waals surface area (Å²) in [4.78, 5) is 0.620. The highest BCUT2D eigenvalue weighted by Crippen LogP contribution is 2.43. The Morgan fingerprint density at radius 3 is 2.39 bits per heavy atom. The molecule has 1 atom stereocenters. The first-order chi connectivity index (χ1) is 13.3. The topological polar surface area (TPSA) is 44.7 Å². The van der Waals surface area contributed by atoms with Gasteiger partial charge in [-0.3, -0.25) is 0 Å². The SMILES string of the molecule is O[S+](c1ccc(-c2c(Cl)cc(NC=S)cc2C(F)(F)F)cc1)N1CCOCC1. The van der Waals surface area contributed by atoms with Crippen molar-refractivity contribution >= 4 is 46.4 Å². The Morgan fingerprint density at radius 2 is 1.82 bits per heavy atom. The molecule has 1 heterocycles. The zero-order valence-corrected chi connectivity index (χ0v) is 16.9. The van der Waals surface area contributed by atoms with Crippen LogP contribution in [0.1, 0.15) is 5.56 Å². The number of ether oxygens (including phenoxy) is 1. The number of morpholine rings is 1. The third-order valence-corrected chi connectivity index (χ3v) is 6.15. The highest BCUT2D eigenvalue weighted by molar-refractivity contribution is 7.89. The minimum Gasteiger partial charge on any atom is -0.378 e. The lowest BCUT2D eigenvalue weighted by Gasteiger charge is -2.21. The van der Waals surface area contributed by atoms with Crippen molar-refractivity contribution in [2.45, 2.75) is 11.1 Å². The highest BCUT2D eigenvalue weighted by atomic mass is 35.5. The molecule has 0 spiro atoms. The van der Waals surface area contributed by atoms with Crippen LogP contribution in [0.2, 0.25) is 5.02 Å². The number of alkyl halides is 3. The fourth-order valence-corrected chi connectivity index (χ4v) is 4.52. The molecule has 4 nitrogen and oxygen atoms in total. The molecule has 2 aromatic rings. The van der Waals surface area contributed by atoms with Gasteiger partial charge in [-0.15, -0.1) is 0 Å². The Kier molecular flexibility index (Phi) is 6.85. The minimum atomic E-state index is -4.59. The molecule has 1 fully saturated rings. The number of nitrogens with zero attached hydrogens (tertiary/aromatic N) is 1. The first-order valence-electron chi connectivity index (χ1n) is 8.29. The van der Waals surface area contributed by atoms with Gasteiger partial charge in [-0.2, -0.15) is 17.7 Å². The van der Waals surface area contributed by atoms with E-state index in [9.17, 15) is 17.7 Å². The summed E-state index contributed by atoms with van der Waals surface area (Å²) >= 11 is 9.67. The maximum atomic E-state index is 13.6. The normalized spacial score (nSPS) is 16.6. The summed E-state index contributed by atoms with van der Waals surface area (Å²) in [5.41, 5.74) is 0.628. The smallest absolute Gasteiger partial charge is 0.378 e. The summed E-state index contributed by atoms with van der Waals surface area (Å²) in [6, 6.07) is 8.68. The molecule has 28 heavy (non-hydrogen) atoms. The number of anilines is 1. The van der Waals surface area contributed by atoms with Crippen LogP contribution in [0, 0.1) is 0 Å². The predicted octanol–water partition coefficient (Wildman–Crippen LogP) is 5.09. The zero-order chi connectivity index (χ0) is 20.3. The van der Waals surface area contributed by atoms with Crippen LogP contribution in [-0.2, 0) is 22.3 Å². The fraction of sp³-hybridized carbons (Fsp3) is 0.278. The van der Waals surface area contributed by atoms with Gasteiger partial charge in [0.25, 0.3) is 11.4 Å². The third-order valence-electron chi connectivity index (χ3n) is 4.19. The molecule has 0 bridgehead atoms. The zero-order valence-electron chi connectivity index (χ0n) is 14.5. The Hall–Kier alpha value is -1.36. The van der Waals surface area contributed by atoms with E-state index >= 15 is 0 Å². The molecule has 0 aromatic heterocycles. The van der Waals surface area contributed by atoms with Gasteiger partial charge in [-0.05, 0) is 42.0 Å². The second kappa shape index (κ2) is 8.98. The maximum Gasteiger partial charge on any atom is 0.417 e. The minimum absolute atomic E-state index is 0.0434. The molecule has 0 radical (unpaired) electrons. The molecule has 0 aliphatic carbocycles. The lowest BCUT2D eigenvalue weighted by molar-refractivity contribution is -0.137. The van der Waals surface area contributed by atoms with Crippen LogP contribution in [0.3, 0.4) is 0 Å². The largest absolute Gasteiger partial charge is 0.417 e. The number of benzene rings is 2. The standard InChI is InChI=1S/C18H16ClF3N2O2S2/c19-16-10-13(23-11-27)9-15(18(20,21)22)17(16)12-1-3-14(4-2-12)28(25)24-5-7-26-8-6-24/h1-4,9-11,25H,5-8H2/p+1. The van der Waals surface area contributed by atoms with E-state index in [0.717, 1.165) is 11.6 Å². The van der Waals surface area contributed by atoms with Crippen LogP contribution in [-0.4, -0.2) is 40.7 Å². The van der Waals surface area contributed by atoms with Gasteiger partial charge in [0.2, 0.25) is 4.90 Å². The van der Waals surface area contributed by atoms with E-state index in [4.69, 9.17) is 16.3 Å². The molecular weight excluding hydrogens is 433 g/mol. The number of rotatable bonds is 5. The molecule has 2 aromatic carbocycles. The fourth-order valence-electron chi connectivity index (χ4n) is 2.89. The molecule has 3 rings (SSSR count). The monoisotopic (exact) mass is 449 g/mol. The van der Waals surface area contributed by atoms with Gasteiger partial charge in [0.05, 0.1) is 42.4 Å². The first-order valence-corrected chi connectivity index (χ1v) is 10.3. The Balaban J connectivity index is 1.95. The van der Waals surface area contributed by atoms with Crippen molar-refractivity contribution in [3.8, 4) is 11.1 Å². The van der Waals surface area contributed by atoms with Crippen molar-refractivity contribution in [2.24, 2.45) is 0 Å². The van der Waals surface area contributed by atoms with Gasteiger partial charge >= 0.3 is 6.18 Å². The number of nitrogens with one attached hydrogen (secondary N) is 1. The molecular formula is C18H17ClF3N2O2S2+. The number of halogens is 4. The van der Waals surface area contributed by atoms with Crippen LogP contribution < -0.4 is 5.32 Å². The van der Waals surface area contributed by atoms with E-state index in [2.05, 4.69) is 17.5 Å². The van der Waals surface area contributed by atoms with Crippen LogP contribution in [0.5, 0.6) is 0 Å². The summed E-state index contributed by atoms with van der Waals surface area (Å²) in [6.45, 7) is 2.27. The third kappa shape index (κ3) is 4.79. The van der Waals surface area contributed by atoms with Gasteiger partial charge < -0.3 is 10.1 Å².